The van der Waals surface area contributed by atoms with Crippen molar-refractivity contribution in [2.75, 3.05) is 0 Å². The highest BCUT2D eigenvalue weighted by Crippen LogP contribution is 2.44. The zero-order valence-corrected chi connectivity index (χ0v) is 12.1. The van der Waals surface area contributed by atoms with Crippen LogP contribution in [0.25, 0.3) is 31.0 Å². The lowest BCUT2D eigenvalue weighted by Crippen LogP contribution is -1.52. The molecule has 0 atom stereocenters. The molecule has 0 saturated heterocycles. The molecular weight excluding hydrogens is 264 g/mol. The van der Waals surface area contributed by atoms with Gasteiger partial charge < -0.3 is 0 Å². The maximum absolute atomic E-state index is 2.30. The van der Waals surface area contributed by atoms with Gasteiger partial charge in [-0.25, -0.2) is 0 Å². The van der Waals surface area contributed by atoms with E-state index >= 15 is 0 Å². The summed E-state index contributed by atoms with van der Waals surface area (Å²) in [6.45, 7) is 4.14. The molecule has 86 valence electrons. The highest BCUT2D eigenvalue weighted by atomic mass is 32.1. The molecule has 0 N–H and O–H groups in total. The molecule has 0 aliphatic heterocycles. The van der Waals surface area contributed by atoms with Gasteiger partial charge in [-0.05, 0) is 38.1 Å². The van der Waals surface area contributed by atoms with E-state index in [-0.39, 0.29) is 0 Å². The van der Waals surface area contributed by atoms with Crippen LogP contribution in [0.5, 0.6) is 0 Å². The molecule has 3 aromatic rings. The van der Waals surface area contributed by atoms with Crippen molar-refractivity contribution in [3.8, 4) is 0 Å². The minimum atomic E-state index is 1.36. The molecule has 0 amide bonds. The minimum Gasteiger partial charge on any atom is -0.133 e. The highest BCUT2D eigenvalue weighted by molar-refractivity contribution is 7.38. The largest absolute Gasteiger partial charge is 0.133 e. The summed E-state index contributed by atoms with van der Waals surface area (Å²) in [4.78, 5) is 2.72. The van der Waals surface area contributed by atoms with Gasteiger partial charge in [0.1, 0.15) is 0 Å². The Morgan fingerprint density at radius 1 is 0.765 bits per heavy atom. The second-order valence-electron chi connectivity index (χ2n) is 3.79. The van der Waals surface area contributed by atoms with E-state index in [4.69, 9.17) is 0 Å². The van der Waals surface area contributed by atoms with Gasteiger partial charge in [0.25, 0.3) is 0 Å². The fourth-order valence-corrected chi connectivity index (χ4v) is 5.85. The fourth-order valence-electron chi connectivity index (χ4n) is 1.86. The molecule has 17 heavy (non-hydrogen) atoms. The number of fused-ring (bicyclic) bond motifs is 3. The standard InChI is InChI=1S/C14H12S3/c1-3-5-9-7-11-13(15-9)14-12(17-11)8-10(16-14)6-4-2/h3-8H,1-2H3/b5-3+,6-4+. The van der Waals surface area contributed by atoms with Crippen molar-refractivity contribution in [2.24, 2.45) is 0 Å². The summed E-state index contributed by atoms with van der Waals surface area (Å²) in [5.74, 6) is 0. The van der Waals surface area contributed by atoms with E-state index in [1.54, 1.807) is 0 Å². The summed E-state index contributed by atoms with van der Waals surface area (Å²) in [6, 6.07) is 4.60. The van der Waals surface area contributed by atoms with Gasteiger partial charge in [-0.15, -0.1) is 34.0 Å². The quantitative estimate of drug-likeness (QED) is 0.519. The molecule has 0 fully saturated rings. The van der Waals surface area contributed by atoms with Crippen molar-refractivity contribution in [3.63, 3.8) is 0 Å². The molecule has 0 aliphatic rings. The molecule has 3 heteroatoms. The van der Waals surface area contributed by atoms with Crippen LogP contribution < -0.4 is 0 Å². The van der Waals surface area contributed by atoms with Crippen LogP contribution in [0.15, 0.2) is 24.3 Å². The highest BCUT2D eigenvalue weighted by Gasteiger charge is 2.11. The first-order valence-corrected chi connectivity index (χ1v) is 7.98. The predicted octanol–water partition coefficient (Wildman–Crippen LogP) is 6.24. The lowest BCUT2D eigenvalue weighted by atomic mass is 10.4. The third kappa shape index (κ3) is 1.88. The summed E-state index contributed by atoms with van der Waals surface area (Å²) in [5.41, 5.74) is 0. The Morgan fingerprint density at radius 2 is 1.24 bits per heavy atom. The Labute approximate surface area is 113 Å². The van der Waals surface area contributed by atoms with Crippen molar-refractivity contribution in [1.29, 1.82) is 0 Å². The third-order valence-electron chi connectivity index (χ3n) is 2.52. The number of hydrogen-bond acceptors (Lipinski definition) is 3. The SMILES string of the molecule is C/C=C/c1cc2sc3cc(/C=C/C)sc3c2s1. The zero-order chi connectivity index (χ0) is 11.8. The Morgan fingerprint density at radius 3 is 1.65 bits per heavy atom. The molecule has 0 saturated carbocycles. The van der Waals surface area contributed by atoms with E-state index in [1.165, 1.54) is 28.6 Å². The third-order valence-corrected chi connectivity index (χ3v) is 6.23. The Hall–Kier alpha value is -0.900. The number of rotatable bonds is 2. The van der Waals surface area contributed by atoms with Gasteiger partial charge >= 0.3 is 0 Å². The average Bonchev–Trinajstić information content (AvgIpc) is 2.89. The average molecular weight is 276 g/mol. The van der Waals surface area contributed by atoms with Gasteiger partial charge in [0.2, 0.25) is 0 Å². The van der Waals surface area contributed by atoms with Gasteiger partial charge in [0.15, 0.2) is 0 Å². The second kappa shape index (κ2) is 4.41. The van der Waals surface area contributed by atoms with Crippen LogP contribution in [0.4, 0.5) is 0 Å². The molecule has 0 bridgehead atoms. The lowest BCUT2D eigenvalue weighted by molar-refractivity contribution is 1.79. The molecule has 0 unspecified atom stereocenters. The van der Waals surface area contributed by atoms with Crippen molar-refractivity contribution >= 4 is 65.0 Å². The summed E-state index contributed by atoms with van der Waals surface area (Å²) in [6.07, 6.45) is 8.58. The molecule has 3 heterocycles. The van der Waals surface area contributed by atoms with E-state index in [2.05, 4.69) is 50.3 Å². The molecule has 0 spiro atoms. The minimum absolute atomic E-state index is 1.36. The summed E-state index contributed by atoms with van der Waals surface area (Å²) < 4.78 is 5.77. The van der Waals surface area contributed by atoms with Gasteiger partial charge in [-0.1, -0.05) is 12.2 Å². The topological polar surface area (TPSA) is 0 Å². The maximum Gasteiger partial charge on any atom is 0.0635 e. The first-order chi connectivity index (χ1) is 8.31. The second-order valence-corrected chi connectivity index (χ2v) is 7.04. The Bertz CT molecular complexity index is 658. The van der Waals surface area contributed by atoms with E-state index in [0.29, 0.717) is 0 Å². The van der Waals surface area contributed by atoms with E-state index in [9.17, 15) is 0 Å². The maximum atomic E-state index is 2.30. The normalized spacial score (nSPS) is 12.8. The Kier molecular flexibility index (Phi) is 2.90. The number of allylic oxidation sites excluding steroid dienone is 2. The monoisotopic (exact) mass is 276 g/mol. The fraction of sp³-hybridized carbons (Fsp3) is 0.143. The predicted molar refractivity (Wildman–Crippen MR) is 84.5 cm³/mol. The van der Waals surface area contributed by atoms with Gasteiger partial charge in [0, 0.05) is 19.2 Å². The van der Waals surface area contributed by atoms with Crippen molar-refractivity contribution in [2.45, 2.75) is 13.8 Å². The van der Waals surface area contributed by atoms with E-state index in [0.717, 1.165) is 0 Å². The molecule has 0 radical (unpaired) electrons. The van der Waals surface area contributed by atoms with Crippen molar-refractivity contribution in [3.05, 3.63) is 34.0 Å². The van der Waals surface area contributed by atoms with Gasteiger partial charge in [-0.3, -0.25) is 0 Å². The smallest absolute Gasteiger partial charge is 0.0635 e. The molecule has 3 aromatic heterocycles. The van der Waals surface area contributed by atoms with Crippen molar-refractivity contribution in [1.82, 2.24) is 0 Å². The lowest BCUT2D eigenvalue weighted by Gasteiger charge is -1.80. The van der Waals surface area contributed by atoms with Crippen LogP contribution in [0, 0.1) is 0 Å². The molecular formula is C14H12S3. The zero-order valence-electron chi connectivity index (χ0n) is 9.69. The molecule has 0 nitrogen and oxygen atoms in total. The van der Waals surface area contributed by atoms with E-state index in [1.807, 2.05) is 34.0 Å². The van der Waals surface area contributed by atoms with Crippen LogP contribution in [0.1, 0.15) is 23.6 Å². The van der Waals surface area contributed by atoms with Crippen LogP contribution in [0.3, 0.4) is 0 Å². The molecule has 0 aliphatic carbocycles. The van der Waals surface area contributed by atoms with Crippen molar-refractivity contribution < 1.29 is 0 Å². The van der Waals surface area contributed by atoms with Gasteiger partial charge in [-0.2, -0.15) is 0 Å². The van der Waals surface area contributed by atoms with E-state index < -0.39 is 0 Å². The van der Waals surface area contributed by atoms with Crippen LogP contribution in [-0.4, -0.2) is 0 Å². The van der Waals surface area contributed by atoms with Crippen LogP contribution in [0.2, 0.25) is 0 Å². The number of thiophene rings is 3. The summed E-state index contributed by atoms with van der Waals surface area (Å²) in [5, 5.41) is 0. The van der Waals surface area contributed by atoms with Gasteiger partial charge in [0.05, 0.1) is 9.40 Å². The Balaban J connectivity index is 2.23. The molecule has 3 rings (SSSR count). The summed E-state index contributed by atoms with van der Waals surface area (Å²) >= 11 is 5.71. The summed E-state index contributed by atoms with van der Waals surface area (Å²) in [7, 11) is 0. The van der Waals surface area contributed by atoms with Crippen LogP contribution in [-0.2, 0) is 0 Å². The van der Waals surface area contributed by atoms with Crippen LogP contribution >= 0.6 is 34.0 Å². The molecule has 0 aromatic carbocycles. The number of hydrogen-bond donors (Lipinski definition) is 0. The first-order valence-electron chi connectivity index (χ1n) is 5.53. The first kappa shape index (κ1) is 11.2.